The number of hydrogen-bond donors (Lipinski definition) is 1. The number of hydrogen-bond acceptors (Lipinski definition) is 3. The van der Waals surface area contributed by atoms with Crippen molar-refractivity contribution in [3.63, 3.8) is 0 Å². The second kappa shape index (κ2) is 9.78. The molecule has 0 aliphatic heterocycles. The fraction of sp³-hybridized carbons (Fsp3) is 0.647. The molecule has 1 aromatic carbocycles. The average molecular weight is 278 g/mol. The molecule has 0 bridgehead atoms. The van der Waals surface area contributed by atoms with Gasteiger partial charge in [-0.25, -0.2) is 0 Å². The van der Waals surface area contributed by atoms with Crippen LogP contribution in [-0.4, -0.2) is 38.2 Å². The van der Waals surface area contributed by atoms with E-state index in [0.29, 0.717) is 5.92 Å². The van der Waals surface area contributed by atoms with Crippen molar-refractivity contribution in [2.45, 2.75) is 33.7 Å². The van der Waals surface area contributed by atoms with E-state index in [1.165, 1.54) is 12.0 Å². The van der Waals surface area contributed by atoms with Gasteiger partial charge in [-0.1, -0.05) is 32.9 Å². The van der Waals surface area contributed by atoms with Gasteiger partial charge in [0, 0.05) is 13.1 Å². The van der Waals surface area contributed by atoms with E-state index in [1.54, 1.807) is 0 Å². The van der Waals surface area contributed by atoms with E-state index in [1.807, 2.05) is 0 Å². The molecule has 0 unspecified atom stereocenters. The van der Waals surface area contributed by atoms with Crippen molar-refractivity contribution in [1.82, 2.24) is 10.2 Å². The third kappa shape index (κ3) is 7.51. The Balaban J connectivity index is 2.24. The molecule has 0 radical (unpaired) electrons. The van der Waals surface area contributed by atoms with E-state index in [9.17, 15) is 0 Å². The predicted octanol–water partition coefficient (Wildman–Crippen LogP) is 3.15. The van der Waals surface area contributed by atoms with E-state index in [-0.39, 0.29) is 0 Å². The lowest BCUT2D eigenvalue weighted by Gasteiger charge is -2.15. The molecular weight excluding hydrogens is 248 g/mol. The maximum absolute atomic E-state index is 5.76. The fourth-order valence-corrected chi connectivity index (χ4v) is 2.02. The largest absolute Gasteiger partial charge is 0.492 e. The molecule has 0 saturated heterocycles. The average Bonchev–Trinajstić information content (AvgIpc) is 2.40. The first kappa shape index (κ1) is 17.0. The SMILES string of the molecule is CCCN(C)CCOc1ccc(CNCC(C)C)cc1. The Morgan fingerprint density at radius 3 is 2.45 bits per heavy atom. The van der Waals surface area contributed by atoms with Crippen LogP contribution in [0, 0.1) is 5.92 Å². The second-order valence-corrected chi connectivity index (χ2v) is 5.82. The maximum atomic E-state index is 5.76. The van der Waals surface area contributed by atoms with Crippen LogP contribution in [-0.2, 0) is 6.54 Å². The number of ether oxygens (including phenoxy) is 1. The molecule has 0 amide bonds. The van der Waals surface area contributed by atoms with Crippen molar-refractivity contribution < 1.29 is 4.74 Å². The molecule has 0 heterocycles. The summed E-state index contributed by atoms with van der Waals surface area (Å²) in [6.07, 6.45) is 1.19. The minimum atomic E-state index is 0.692. The highest BCUT2D eigenvalue weighted by molar-refractivity contribution is 5.27. The van der Waals surface area contributed by atoms with Gasteiger partial charge in [0.05, 0.1) is 0 Å². The van der Waals surface area contributed by atoms with Gasteiger partial charge in [-0.2, -0.15) is 0 Å². The van der Waals surface area contributed by atoms with E-state index in [4.69, 9.17) is 4.74 Å². The Bertz CT molecular complexity index is 349. The third-order valence-corrected chi connectivity index (χ3v) is 3.15. The zero-order valence-electron chi connectivity index (χ0n) is 13.5. The van der Waals surface area contributed by atoms with Gasteiger partial charge in [-0.05, 0) is 50.2 Å². The summed E-state index contributed by atoms with van der Waals surface area (Å²) in [4.78, 5) is 2.30. The zero-order valence-corrected chi connectivity index (χ0v) is 13.5. The smallest absolute Gasteiger partial charge is 0.119 e. The van der Waals surface area contributed by atoms with Crippen molar-refractivity contribution in [3.05, 3.63) is 29.8 Å². The number of nitrogens with zero attached hydrogens (tertiary/aromatic N) is 1. The van der Waals surface area contributed by atoms with Crippen molar-refractivity contribution in [2.75, 3.05) is 33.3 Å². The number of likely N-dealkylation sites (N-methyl/N-ethyl adjacent to an activating group) is 1. The van der Waals surface area contributed by atoms with Crippen molar-refractivity contribution in [1.29, 1.82) is 0 Å². The van der Waals surface area contributed by atoms with Crippen LogP contribution in [0.5, 0.6) is 5.75 Å². The topological polar surface area (TPSA) is 24.5 Å². The lowest BCUT2D eigenvalue weighted by atomic mass is 10.2. The summed E-state index contributed by atoms with van der Waals surface area (Å²) >= 11 is 0. The number of nitrogens with one attached hydrogen (secondary N) is 1. The van der Waals surface area contributed by atoms with Crippen molar-refractivity contribution in [3.8, 4) is 5.75 Å². The summed E-state index contributed by atoms with van der Waals surface area (Å²) in [6, 6.07) is 8.40. The highest BCUT2D eigenvalue weighted by Gasteiger charge is 1.99. The van der Waals surface area contributed by atoms with Gasteiger partial charge >= 0.3 is 0 Å². The maximum Gasteiger partial charge on any atom is 0.119 e. The highest BCUT2D eigenvalue weighted by atomic mass is 16.5. The van der Waals surface area contributed by atoms with E-state index in [2.05, 4.69) is 62.3 Å². The fourth-order valence-electron chi connectivity index (χ4n) is 2.02. The molecule has 0 atom stereocenters. The molecule has 0 spiro atoms. The second-order valence-electron chi connectivity index (χ2n) is 5.82. The molecule has 1 aromatic rings. The van der Waals surface area contributed by atoms with Gasteiger partial charge in [-0.3, -0.25) is 0 Å². The number of rotatable bonds is 10. The lowest BCUT2D eigenvalue weighted by Crippen LogP contribution is -2.24. The zero-order chi connectivity index (χ0) is 14.8. The summed E-state index contributed by atoms with van der Waals surface area (Å²) in [6.45, 7) is 11.5. The molecule has 0 aliphatic rings. The standard InChI is InChI=1S/C17H30N2O/c1-5-10-19(4)11-12-20-17-8-6-16(7-9-17)14-18-13-15(2)3/h6-9,15,18H,5,10-14H2,1-4H3. The van der Waals surface area contributed by atoms with E-state index < -0.39 is 0 Å². The summed E-state index contributed by atoms with van der Waals surface area (Å²) in [5.74, 6) is 1.65. The predicted molar refractivity (Wildman–Crippen MR) is 86.3 cm³/mol. The Labute approximate surface area is 124 Å². The van der Waals surface area contributed by atoms with Crippen molar-refractivity contribution >= 4 is 0 Å². The van der Waals surface area contributed by atoms with Gasteiger partial charge < -0.3 is 15.0 Å². The minimum absolute atomic E-state index is 0.692. The monoisotopic (exact) mass is 278 g/mol. The summed E-state index contributed by atoms with van der Waals surface area (Å²) in [5, 5.41) is 3.45. The van der Waals surface area contributed by atoms with Crippen LogP contribution in [0.1, 0.15) is 32.8 Å². The van der Waals surface area contributed by atoms with Gasteiger partial charge in [0.25, 0.3) is 0 Å². The summed E-state index contributed by atoms with van der Waals surface area (Å²) in [7, 11) is 2.14. The summed E-state index contributed by atoms with van der Waals surface area (Å²) < 4.78 is 5.76. The van der Waals surface area contributed by atoms with Crippen molar-refractivity contribution in [2.24, 2.45) is 5.92 Å². The quantitative estimate of drug-likeness (QED) is 0.711. The van der Waals surface area contributed by atoms with Crippen LogP contribution in [0.15, 0.2) is 24.3 Å². The molecule has 114 valence electrons. The van der Waals surface area contributed by atoms with Crippen LogP contribution in [0.25, 0.3) is 0 Å². The van der Waals surface area contributed by atoms with Gasteiger partial charge in [-0.15, -0.1) is 0 Å². The molecule has 0 aliphatic carbocycles. The molecule has 20 heavy (non-hydrogen) atoms. The van der Waals surface area contributed by atoms with Crippen LogP contribution in [0.2, 0.25) is 0 Å². The van der Waals surface area contributed by atoms with Gasteiger partial charge in [0.1, 0.15) is 12.4 Å². The first-order valence-electron chi connectivity index (χ1n) is 7.72. The molecule has 0 aromatic heterocycles. The van der Waals surface area contributed by atoms with Gasteiger partial charge in [0.15, 0.2) is 0 Å². The number of benzene rings is 1. The van der Waals surface area contributed by atoms with E-state index >= 15 is 0 Å². The van der Waals surface area contributed by atoms with E-state index in [0.717, 1.165) is 38.5 Å². The third-order valence-electron chi connectivity index (χ3n) is 3.15. The normalized spacial score (nSPS) is 11.3. The first-order chi connectivity index (χ1) is 9.61. The molecule has 3 heteroatoms. The van der Waals surface area contributed by atoms with Crippen LogP contribution in [0.4, 0.5) is 0 Å². The molecule has 1 rings (SSSR count). The molecule has 3 nitrogen and oxygen atoms in total. The van der Waals surface area contributed by atoms with Gasteiger partial charge in [0.2, 0.25) is 0 Å². The van der Waals surface area contributed by atoms with Crippen LogP contribution >= 0.6 is 0 Å². The Hall–Kier alpha value is -1.06. The minimum Gasteiger partial charge on any atom is -0.492 e. The highest BCUT2D eigenvalue weighted by Crippen LogP contribution is 2.12. The Kier molecular flexibility index (Phi) is 8.31. The Morgan fingerprint density at radius 1 is 1.15 bits per heavy atom. The van der Waals surface area contributed by atoms with Crippen LogP contribution in [0.3, 0.4) is 0 Å². The first-order valence-corrected chi connectivity index (χ1v) is 7.72. The Morgan fingerprint density at radius 2 is 1.85 bits per heavy atom. The lowest BCUT2D eigenvalue weighted by molar-refractivity contribution is 0.237. The molecule has 1 N–H and O–H groups in total. The molecule has 0 saturated carbocycles. The molecule has 0 fully saturated rings. The van der Waals surface area contributed by atoms with Crippen LogP contribution < -0.4 is 10.1 Å². The summed E-state index contributed by atoms with van der Waals surface area (Å²) in [5.41, 5.74) is 1.31. The molecular formula is C17H30N2O.